The van der Waals surface area contributed by atoms with E-state index in [1.54, 1.807) is 0 Å². The lowest BCUT2D eigenvalue weighted by Crippen LogP contribution is -2.13. The van der Waals surface area contributed by atoms with Crippen LogP contribution < -0.4 is 5.32 Å². The molecule has 0 aliphatic carbocycles. The zero-order valence-corrected chi connectivity index (χ0v) is 12.6. The van der Waals surface area contributed by atoms with E-state index in [1.807, 2.05) is 7.05 Å². The van der Waals surface area contributed by atoms with Gasteiger partial charge in [0.25, 0.3) is 0 Å². The molecule has 0 aliphatic rings. The summed E-state index contributed by atoms with van der Waals surface area (Å²) in [5.41, 5.74) is 3.46. The summed E-state index contributed by atoms with van der Waals surface area (Å²) in [5, 5.41) is 3.16. The SMILES string of the molecule is CNCCc1nc(-c2ccc(Br)cc2)c(C)n1C. The van der Waals surface area contributed by atoms with Gasteiger partial charge in [0.15, 0.2) is 0 Å². The summed E-state index contributed by atoms with van der Waals surface area (Å²) >= 11 is 3.46. The molecule has 0 saturated carbocycles. The monoisotopic (exact) mass is 307 g/mol. The molecule has 2 rings (SSSR count). The highest BCUT2D eigenvalue weighted by molar-refractivity contribution is 9.10. The van der Waals surface area contributed by atoms with Crippen LogP contribution in [0.5, 0.6) is 0 Å². The molecule has 0 radical (unpaired) electrons. The van der Waals surface area contributed by atoms with Gasteiger partial charge < -0.3 is 9.88 Å². The fraction of sp³-hybridized carbons (Fsp3) is 0.357. The van der Waals surface area contributed by atoms with Crippen LogP contribution in [-0.2, 0) is 13.5 Å². The van der Waals surface area contributed by atoms with Crippen molar-refractivity contribution in [3.8, 4) is 11.3 Å². The molecule has 1 N–H and O–H groups in total. The minimum absolute atomic E-state index is 0.948. The maximum atomic E-state index is 4.75. The van der Waals surface area contributed by atoms with Crippen LogP contribution in [0.15, 0.2) is 28.7 Å². The number of aromatic nitrogens is 2. The van der Waals surface area contributed by atoms with Crippen molar-refractivity contribution in [3.63, 3.8) is 0 Å². The Labute approximate surface area is 116 Å². The van der Waals surface area contributed by atoms with Crippen molar-refractivity contribution in [2.75, 3.05) is 13.6 Å². The summed E-state index contributed by atoms with van der Waals surface area (Å²) in [6.45, 7) is 3.07. The molecule has 0 amide bonds. The molecule has 96 valence electrons. The third kappa shape index (κ3) is 2.65. The molecule has 18 heavy (non-hydrogen) atoms. The fourth-order valence-corrected chi connectivity index (χ4v) is 2.24. The lowest BCUT2D eigenvalue weighted by molar-refractivity contribution is 0.710. The van der Waals surface area contributed by atoms with Gasteiger partial charge in [-0.3, -0.25) is 0 Å². The predicted molar refractivity (Wildman–Crippen MR) is 78.7 cm³/mol. The van der Waals surface area contributed by atoms with Crippen LogP contribution >= 0.6 is 15.9 Å². The van der Waals surface area contributed by atoms with E-state index in [1.165, 1.54) is 11.3 Å². The first-order valence-corrected chi connectivity index (χ1v) is 6.85. The van der Waals surface area contributed by atoms with Crippen molar-refractivity contribution in [1.29, 1.82) is 0 Å². The first-order chi connectivity index (χ1) is 8.63. The molecule has 2 aromatic rings. The predicted octanol–water partition coefficient (Wildman–Crippen LogP) is 2.92. The van der Waals surface area contributed by atoms with Crippen LogP contribution in [0.1, 0.15) is 11.5 Å². The van der Waals surface area contributed by atoms with Gasteiger partial charge in [-0.25, -0.2) is 4.98 Å². The van der Waals surface area contributed by atoms with Gasteiger partial charge in [-0.05, 0) is 26.1 Å². The number of nitrogens with one attached hydrogen (secondary N) is 1. The van der Waals surface area contributed by atoms with Crippen LogP contribution in [-0.4, -0.2) is 23.1 Å². The van der Waals surface area contributed by atoms with Crippen molar-refractivity contribution < 1.29 is 0 Å². The maximum Gasteiger partial charge on any atom is 0.110 e. The molecule has 1 aromatic carbocycles. The van der Waals surface area contributed by atoms with Gasteiger partial charge in [-0.2, -0.15) is 0 Å². The molecular weight excluding hydrogens is 290 g/mol. The van der Waals surface area contributed by atoms with Crippen LogP contribution in [0.25, 0.3) is 11.3 Å². The molecule has 1 heterocycles. The molecule has 0 atom stereocenters. The molecule has 0 fully saturated rings. The summed E-state index contributed by atoms with van der Waals surface area (Å²) in [5.74, 6) is 1.12. The number of imidazole rings is 1. The van der Waals surface area contributed by atoms with E-state index in [0.29, 0.717) is 0 Å². The molecule has 0 saturated heterocycles. The van der Waals surface area contributed by atoms with Gasteiger partial charge in [0.05, 0.1) is 5.69 Å². The zero-order chi connectivity index (χ0) is 13.1. The lowest BCUT2D eigenvalue weighted by Gasteiger charge is -2.02. The van der Waals surface area contributed by atoms with Crippen molar-refractivity contribution >= 4 is 15.9 Å². The minimum atomic E-state index is 0.948. The number of likely N-dealkylation sites (N-methyl/N-ethyl adjacent to an activating group) is 1. The number of hydrogen-bond donors (Lipinski definition) is 1. The number of hydrogen-bond acceptors (Lipinski definition) is 2. The van der Waals surface area contributed by atoms with Crippen LogP contribution in [0, 0.1) is 6.92 Å². The second kappa shape index (κ2) is 5.67. The summed E-state index contributed by atoms with van der Waals surface area (Å²) in [6.07, 6.45) is 0.949. The second-order valence-electron chi connectivity index (χ2n) is 4.38. The quantitative estimate of drug-likeness (QED) is 0.941. The van der Waals surface area contributed by atoms with E-state index in [-0.39, 0.29) is 0 Å². The Kier molecular flexibility index (Phi) is 4.19. The Hall–Kier alpha value is -1.13. The van der Waals surface area contributed by atoms with E-state index >= 15 is 0 Å². The average Bonchev–Trinajstić information content (AvgIpc) is 2.65. The van der Waals surface area contributed by atoms with Gasteiger partial charge in [0, 0.05) is 35.7 Å². The van der Waals surface area contributed by atoms with Gasteiger partial charge in [0.1, 0.15) is 5.82 Å². The molecule has 0 unspecified atom stereocenters. The number of nitrogens with zero attached hydrogens (tertiary/aromatic N) is 2. The fourth-order valence-electron chi connectivity index (χ4n) is 1.98. The highest BCUT2D eigenvalue weighted by Gasteiger charge is 2.12. The van der Waals surface area contributed by atoms with Gasteiger partial charge >= 0.3 is 0 Å². The Bertz CT molecular complexity index is 529. The van der Waals surface area contributed by atoms with Crippen molar-refractivity contribution in [2.45, 2.75) is 13.3 Å². The van der Waals surface area contributed by atoms with Gasteiger partial charge in [0.2, 0.25) is 0 Å². The minimum Gasteiger partial charge on any atom is -0.335 e. The number of rotatable bonds is 4. The Morgan fingerprint density at radius 2 is 1.94 bits per heavy atom. The van der Waals surface area contributed by atoms with Crippen molar-refractivity contribution in [3.05, 3.63) is 40.3 Å². The first-order valence-electron chi connectivity index (χ1n) is 6.06. The highest BCUT2D eigenvalue weighted by Crippen LogP contribution is 2.24. The van der Waals surface area contributed by atoms with E-state index < -0.39 is 0 Å². The summed E-state index contributed by atoms with van der Waals surface area (Å²) in [6, 6.07) is 8.30. The lowest BCUT2D eigenvalue weighted by atomic mass is 10.1. The maximum absolute atomic E-state index is 4.75. The number of benzene rings is 1. The van der Waals surface area contributed by atoms with E-state index in [4.69, 9.17) is 4.98 Å². The van der Waals surface area contributed by atoms with E-state index in [2.05, 4.69) is 64.1 Å². The summed E-state index contributed by atoms with van der Waals surface area (Å²) < 4.78 is 3.27. The normalized spacial score (nSPS) is 10.9. The third-order valence-electron chi connectivity index (χ3n) is 3.19. The number of halogens is 1. The van der Waals surface area contributed by atoms with Crippen LogP contribution in [0.3, 0.4) is 0 Å². The summed E-state index contributed by atoms with van der Waals surface area (Å²) in [4.78, 5) is 4.75. The Morgan fingerprint density at radius 3 is 2.56 bits per heavy atom. The van der Waals surface area contributed by atoms with Crippen LogP contribution in [0.4, 0.5) is 0 Å². The van der Waals surface area contributed by atoms with Crippen molar-refractivity contribution in [2.24, 2.45) is 7.05 Å². The molecule has 3 nitrogen and oxygen atoms in total. The molecule has 0 bridgehead atoms. The second-order valence-corrected chi connectivity index (χ2v) is 5.30. The molecule has 0 spiro atoms. The van der Waals surface area contributed by atoms with E-state index in [9.17, 15) is 0 Å². The Balaban J connectivity index is 2.36. The zero-order valence-electron chi connectivity index (χ0n) is 11.0. The van der Waals surface area contributed by atoms with Crippen LogP contribution in [0.2, 0.25) is 0 Å². The topological polar surface area (TPSA) is 29.9 Å². The molecule has 0 aliphatic heterocycles. The standard InChI is InChI=1S/C14H18BrN3/c1-10-14(11-4-6-12(15)7-5-11)17-13(18(10)3)8-9-16-2/h4-7,16H,8-9H2,1-3H3. The third-order valence-corrected chi connectivity index (χ3v) is 3.72. The average molecular weight is 308 g/mol. The highest BCUT2D eigenvalue weighted by atomic mass is 79.9. The largest absolute Gasteiger partial charge is 0.335 e. The first kappa shape index (κ1) is 13.3. The Morgan fingerprint density at radius 1 is 1.28 bits per heavy atom. The smallest absolute Gasteiger partial charge is 0.110 e. The summed E-state index contributed by atoms with van der Waals surface area (Å²) in [7, 11) is 4.04. The van der Waals surface area contributed by atoms with Gasteiger partial charge in [-0.1, -0.05) is 28.1 Å². The van der Waals surface area contributed by atoms with E-state index in [0.717, 1.165) is 29.0 Å². The molecule has 1 aromatic heterocycles. The van der Waals surface area contributed by atoms with Gasteiger partial charge in [-0.15, -0.1) is 0 Å². The van der Waals surface area contributed by atoms with Crippen molar-refractivity contribution in [1.82, 2.24) is 14.9 Å². The molecule has 4 heteroatoms. The molecular formula is C14H18BrN3.